The van der Waals surface area contributed by atoms with Gasteiger partial charge >= 0.3 is 0 Å². The molecule has 1 aliphatic rings. The highest BCUT2D eigenvalue weighted by atomic mass is 16.3. The Morgan fingerprint density at radius 1 is 1.50 bits per heavy atom. The fraction of sp³-hybridized carbons (Fsp3) is 1.00. The van der Waals surface area contributed by atoms with Crippen molar-refractivity contribution in [2.24, 2.45) is 11.8 Å². The summed E-state index contributed by atoms with van der Waals surface area (Å²) in [7, 11) is 0. The first-order chi connectivity index (χ1) is 5.58. The Morgan fingerprint density at radius 3 is 2.75 bits per heavy atom. The van der Waals surface area contributed by atoms with Crippen LogP contribution < -0.4 is 0 Å². The smallest absolute Gasteiger partial charge is 0.0647 e. The van der Waals surface area contributed by atoms with Gasteiger partial charge in [-0.2, -0.15) is 0 Å². The van der Waals surface area contributed by atoms with Gasteiger partial charge in [-0.3, -0.25) is 0 Å². The first-order valence-corrected chi connectivity index (χ1v) is 5.30. The summed E-state index contributed by atoms with van der Waals surface area (Å²) in [6.07, 6.45) is 6.07. The van der Waals surface area contributed by atoms with Crippen LogP contribution in [0.4, 0.5) is 0 Å². The van der Waals surface area contributed by atoms with Crippen LogP contribution in [0.25, 0.3) is 0 Å². The maximum absolute atomic E-state index is 10.0. The Labute approximate surface area is 76.2 Å². The van der Waals surface area contributed by atoms with Crippen molar-refractivity contribution in [1.82, 2.24) is 0 Å². The molecule has 1 heteroatoms. The molecule has 0 spiro atoms. The summed E-state index contributed by atoms with van der Waals surface area (Å²) >= 11 is 0. The molecule has 1 N–H and O–H groups in total. The Kier molecular flexibility index (Phi) is 3.16. The van der Waals surface area contributed by atoms with Gasteiger partial charge in [-0.25, -0.2) is 0 Å². The highest BCUT2D eigenvalue weighted by molar-refractivity contribution is 4.88. The van der Waals surface area contributed by atoms with Gasteiger partial charge in [0.1, 0.15) is 0 Å². The molecular formula is C11H22O. The lowest BCUT2D eigenvalue weighted by molar-refractivity contribution is -0.0527. The van der Waals surface area contributed by atoms with Gasteiger partial charge in [-0.05, 0) is 31.6 Å². The van der Waals surface area contributed by atoms with Gasteiger partial charge in [0, 0.05) is 0 Å². The summed E-state index contributed by atoms with van der Waals surface area (Å²) in [6, 6.07) is 0. The lowest BCUT2D eigenvalue weighted by Crippen LogP contribution is -2.40. The molecule has 1 saturated carbocycles. The zero-order chi connectivity index (χ0) is 9.19. The van der Waals surface area contributed by atoms with E-state index in [1.807, 2.05) is 6.92 Å². The third-order valence-corrected chi connectivity index (χ3v) is 3.61. The van der Waals surface area contributed by atoms with E-state index in [9.17, 15) is 5.11 Å². The summed E-state index contributed by atoms with van der Waals surface area (Å²) in [5, 5.41) is 10.0. The molecule has 0 bridgehead atoms. The van der Waals surface area contributed by atoms with E-state index in [1.54, 1.807) is 0 Å². The number of rotatable bonds is 2. The molecule has 0 aromatic heterocycles. The first-order valence-electron chi connectivity index (χ1n) is 5.30. The van der Waals surface area contributed by atoms with E-state index >= 15 is 0 Å². The molecule has 1 fully saturated rings. The van der Waals surface area contributed by atoms with Crippen LogP contribution in [0.2, 0.25) is 0 Å². The molecule has 72 valence electrons. The summed E-state index contributed by atoms with van der Waals surface area (Å²) in [5.74, 6) is 1.25. The average Bonchev–Trinajstić information content (AvgIpc) is 1.99. The van der Waals surface area contributed by atoms with Gasteiger partial charge in [0.2, 0.25) is 0 Å². The highest BCUT2D eigenvalue weighted by Gasteiger charge is 2.36. The summed E-state index contributed by atoms with van der Waals surface area (Å²) in [4.78, 5) is 0. The molecule has 0 aromatic carbocycles. The number of hydrogen-bond acceptors (Lipinski definition) is 1. The number of aliphatic hydroxyl groups is 1. The Hall–Kier alpha value is -0.0400. The lowest BCUT2D eigenvalue weighted by atomic mass is 9.69. The molecule has 0 amide bonds. The monoisotopic (exact) mass is 170 g/mol. The maximum atomic E-state index is 10.0. The van der Waals surface area contributed by atoms with E-state index in [0.717, 1.165) is 12.3 Å². The van der Waals surface area contributed by atoms with E-state index in [2.05, 4.69) is 13.8 Å². The van der Waals surface area contributed by atoms with Crippen LogP contribution in [0.15, 0.2) is 0 Å². The molecule has 0 aromatic rings. The summed E-state index contributed by atoms with van der Waals surface area (Å²) in [6.45, 7) is 6.44. The normalized spacial score (nSPS) is 43.0. The van der Waals surface area contributed by atoms with Crippen LogP contribution in [0, 0.1) is 11.8 Å². The van der Waals surface area contributed by atoms with Gasteiger partial charge in [0.25, 0.3) is 0 Å². The predicted octanol–water partition coefficient (Wildman–Crippen LogP) is 2.97. The van der Waals surface area contributed by atoms with E-state index < -0.39 is 5.60 Å². The van der Waals surface area contributed by atoms with E-state index in [4.69, 9.17) is 0 Å². The molecule has 1 aliphatic carbocycles. The predicted molar refractivity (Wildman–Crippen MR) is 52.0 cm³/mol. The minimum absolute atomic E-state index is 0.391. The zero-order valence-electron chi connectivity index (χ0n) is 8.64. The van der Waals surface area contributed by atoms with Crippen LogP contribution in [0.1, 0.15) is 52.9 Å². The first kappa shape index (κ1) is 10.0. The van der Waals surface area contributed by atoms with Crippen molar-refractivity contribution >= 4 is 0 Å². The second-order valence-electron chi connectivity index (χ2n) is 4.59. The molecule has 0 aliphatic heterocycles. The van der Waals surface area contributed by atoms with Gasteiger partial charge in [0.05, 0.1) is 5.60 Å². The van der Waals surface area contributed by atoms with Crippen LogP contribution in [-0.4, -0.2) is 10.7 Å². The van der Waals surface area contributed by atoms with Gasteiger partial charge in [-0.15, -0.1) is 0 Å². The molecule has 0 heterocycles. The van der Waals surface area contributed by atoms with Gasteiger partial charge in [0.15, 0.2) is 0 Å². The zero-order valence-corrected chi connectivity index (χ0v) is 8.64. The average molecular weight is 170 g/mol. The second kappa shape index (κ2) is 3.78. The van der Waals surface area contributed by atoms with Crippen molar-refractivity contribution in [3.63, 3.8) is 0 Å². The third kappa shape index (κ3) is 2.01. The Bertz CT molecular complexity index is 138. The summed E-state index contributed by atoms with van der Waals surface area (Å²) < 4.78 is 0. The SMILES string of the molecule is CCCC1CCCC(C)(O)C1C. The van der Waals surface area contributed by atoms with Gasteiger partial charge in [-0.1, -0.05) is 33.1 Å². The molecule has 12 heavy (non-hydrogen) atoms. The number of hydrogen-bond donors (Lipinski definition) is 1. The summed E-state index contributed by atoms with van der Waals surface area (Å²) in [5.41, 5.74) is -0.391. The van der Waals surface area contributed by atoms with Crippen LogP contribution in [0.5, 0.6) is 0 Å². The van der Waals surface area contributed by atoms with E-state index in [0.29, 0.717) is 5.92 Å². The molecule has 3 unspecified atom stereocenters. The highest BCUT2D eigenvalue weighted by Crippen LogP contribution is 2.39. The molecule has 3 atom stereocenters. The van der Waals surface area contributed by atoms with Crippen LogP contribution >= 0.6 is 0 Å². The lowest BCUT2D eigenvalue weighted by Gasteiger charge is -2.40. The largest absolute Gasteiger partial charge is 0.390 e. The minimum Gasteiger partial charge on any atom is -0.390 e. The molecule has 0 saturated heterocycles. The molecular weight excluding hydrogens is 148 g/mol. The minimum atomic E-state index is -0.391. The van der Waals surface area contributed by atoms with Crippen molar-refractivity contribution < 1.29 is 5.11 Å². The fourth-order valence-corrected chi connectivity index (χ4v) is 2.47. The Balaban J connectivity index is 2.54. The standard InChI is InChI=1S/C11H22O/c1-4-6-10-7-5-8-11(3,12)9(10)2/h9-10,12H,4-8H2,1-3H3. The molecule has 0 radical (unpaired) electrons. The molecule has 1 rings (SSSR count). The van der Waals surface area contributed by atoms with Crippen molar-refractivity contribution in [2.45, 2.75) is 58.5 Å². The van der Waals surface area contributed by atoms with Crippen LogP contribution in [-0.2, 0) is 0 Å². The van der Waals surface area contributed by atoms with Crippen molar-refractivity contribution in [2.75, 3.05) is 0 Å². The van der Waals surface area contributed by atoms with E-state index in [1.165, 1.54) is 25.7 Å². The van der Waals surface area contributed by atoms with Crippen LogP contribution in [0.3, 0.4) is 0 Å². The van der Waals surface area contributed by atoms with Gasteiger partial charge < -0.3 is 5.11 Å². The van der Waals surface area contributed by atoms with Crippen molar-refractivity contribution in [1.29, 1.82) is 0 Å². The Morgan fingerprint density at radius 2 is 2.17 bits per heavy atom. The van der Waals surface area contributed by atoms with E-state index in [-0.39, 0.29) is 0 Å². The van der Waals surface area contributed by atoms with Crippen molar-refractivity contribution in [3.05, 3.63) is 0 Å². The fourth-order valence-electron chi connectivity index (χ4n) is 2.47. The maximum Gasteiger partial charge on any atom is 0.0647 e. The third-order valence-electron chi connectivity index (χ3n) is 3.61. The topological polar surface area (TPSA) is 20.2 Å². The second-order valence-corrected chi connectivity index (χ2v) is 4.59. The van der Waals surface area contributed by atoms with Crippen molar-refractivity contribution in [3.8, 4) is 0 Å². The molecule has 1 nitrogen and oxygen atoms in total. The quantitative estimate of drug-likeness (QED) is 0.675.